The monoisotopic (exact) mass is 325 g/mol. The van der Waals surface area contributed by atoms with Gasteiger partial charge in [0.05, 0.1) is 0 Å². The number of hydrogen-bond donors (Lipinski definition) is 0. The lowest BCUT2D eigenvalue weighted by atomic mass is 9.94. The van der Waals surface area contributed by atoms with Gasteiger partial charge < -0.3 is 0 Å². The van der Waals surface area contributed by atoms with Crippen LogP contribution in [-0.4, -0.2) is 0 Å². The van der Waals surface area contributed by atoms with Gasteiger partial charge in [-0.25, -0.2) is 0 Å². The van der Waals surface area contributed by atoms with Crippen molar-refractivity contribution in [1.29, 1.82) is 0 Å². The molecule has 5 aromatic rings. The Morgan fingerprint density at radius 1 is 0.500 bits per heavy atom. The Balaban J connectivity index is 1.82. The van der Waals surface area contributed by atoms with E-state index in [2.05, 4.69) is 54.6 Å². The molecule has 0 bridgehead atoms. The molecule has 0 N–H and O–H groups in total. The van der Waals surface area contributed by atoms with E-state index in [9.17, 15) is 4.57 Å². The van der Waals surface area contributed by atoms with Crippen molar-refractivity contribution in [3.63, 3.8) is 0 Å². The fraction of sp³-hybridized carbons (Fsp3) is 0. The van der Waals surface area contributed by atoms with E-state index in [4.69, 9.17) is 0 Å². The molecule has 5 rings (SSSR count). The molecule has 1 atom stereocenters. The van der Waals surface area contributed by atoms with Crippen LogP contribution in [0.2, 0.25) is 0 Å². The quantitative estimate of drug-likeness (QED) is 0.315. The Hall–Kier alpha value is -2.76. The molecule has 0 saturated carbocycles. The van der Waals surface area contributed by atoms with Gasteiger partial charge in [0.15, 0.2) is 10.6 Å². The maximum Gasteiger partial charge on any atom is 0.415 e. The first-order valence-corrected chi connectivity index (χ1v) is 9.27. The summed E-state index contributed by atoms with van der Waals surface area (Å²) in [6.07, 6.45) is 0. The standard InChI is InChI=1S/C22H14OP/c23-24(19-7-2-1-3-8-19)20-13-17-11-9-15-5-4-6-16-10-12-18(14-20)22(17)21(15)16/h1-14H/q+1. The summed E-state index contributed by atoms with van der Waals surface area (Å²) in [4.78, 5) is 0. The van der Waals surface area contributed by atoms with Gasteiger partial charge in [0, 0.05) is 0 Å². The fourth-order valence-electron chi connectivity index (χ4n) is 3.57. The second-order valence-corrected chi connectivity index (χ2v) is 7.73. The first kappa shape index (κ1) is 13.7. The molecular formula is C22H14OP+. The van der Waals surface area contributed by atoms with Crippen LogP contribution in [0.5, 0.6) is 0 Å². The maximum atomic E-state index is 13.0. The molecule has 5 aromatic carbocycles. The molecule has 112 valence electrons. The van der Waals surface area contributed by atoms with Gasteiger partial charge in [-0.2, -0.15) is 0 Å². The summed E-state index contributed by atoms with van der Waals surface area (Å²) < 4.78 is 13.0. The van der Waals surface area contributed by atoms with Crippen LogP contribution >= 0.6 is 7.80 Å². The molecule has 0 amide bonds. The summed E-state index contributed by atoms with van der Waals surface area (Å²) in [5.74, 6) is 0. The first-order valence-electron chi connectivity index (χ1n) is 8.01. The van der Waals surface area contributed by atoms with Gasteiger partial charge in [-0.1, -0.05) is 65.2 Å². The lowest BCUT2D eigenvalue weighted by molar-refractivity contribution is 0.598. The average molecular weight is 325 g/mol. The summed E-state index contributed by atoms with van der Waals surface area (Å²) in [5, 5.41) is 9.16. The zero-order valence-corrected chi connectivity index (χ0v) is 13.8. The molecule has 1 unspecified atom stereocenters. The molecule has 0 saturated heterocycles. The molecule has 0 spiro atoms. The van der Waals surface area contributed by atoms with Crippen LogP contribution < -0.4 is 10.6 Å². The predicted octanol–water partition coefficient (Wildman–Crippen LogP) is 5.36. The summed E-state index contributed by atoms with van der Waals surface area (Å²) >= 11 is 0. The zero-order valence-electron chi connectivity index (χ0n) is 12.9. The Labute approximate surface area is 140 Å². The SMILES string of the molecule is O=[P+](c1ccccc1)c1cc2ccc3cccc4ccc(c1)c2c34. The van der Waals surface area contributed by atoms with Gasteiger partial charge in [-0.15, -0.1) is 0 Å². The minimum absolute atomic E-state index is 0.875. The molecule has 24 heavy (non-hydrogen) atoms. The molecule has 2 heteroatoms. The van der Waals surface area contributed by atoms with Gasteiger partial charge >= 0.3 is 7.80 Å². The van der Waals surface area contributed by atoms with Crippen LogP contribution in [0.25, 0.3) is 32.3 Å². The van der Waals surface area contributed by atoms with E-state index < -0.39 is 7.80 Å². The summed E-state index contributed by atoms with van der Waals surface area (Å²) in [6, 6.07) is 28.9. The van der Waals surface area contributed by atoms with Crippen LogP contribution in [0, 0.1) is 0 Å². The van der Waals surface area contributed by atoms with Gasteiger partial charge in [0.2, 0.25) is 0 Å². The van der Waals surface area contributed by atoms with Gasteiger partial charge in [0.1, 0.15) is 0 Å². The molecule has 1 nitrogen and oxygen atoms in total. The van der Waals surface area contributed by atoms with Crippen molar-refractivity contribution < 1.29 is 4.57 Å². The van der Waals surface area contributed by atoms with Crippen molar-refractivity contribution in [2.75, 3.05) is 0 Å². The minimum Gasteiger partial charge on any atom is -0.0619 e. The van der Waals surface area contributed by atoms with E-state index in [1.807, 2.05) is 30.3 Å². The number of rotatable bonds is 2. The molecule has 0 fully saturated rings. The predicted molar refractivity (Wildman–Crippen MR) is 103 cm³/mol. The topological polar surface area (TPSA) is 17.1 Å². The fourth-order valence-corrected chi connectivity index (χ4v) is 4.82. The van der Waals surface area contributed by atoms with Gasteiger partial charge in [-0.05, 0) is 56.6 Å². The molecule has 0 aliphatic carbocycles. The molecule has 0 aromatic heterocycles. The van der Waals surface area contributed by atoms with Crippen molar-refractivity contribution in [1.82, 2.24) is 0 Å². The van der Waals surface area contributed by atoms with Crippen LogP contribution in [0.4, 0.5) is 0 Å². The smallest absolute Gasteiger partial charge is 0.0619 e. The highest BCUT2D eigenvalue weighted by Gasteiger charge is 2.24. The van der Waals surface area contributed by atoms with Crippen LogP contribution in [-0.2, 0) is 4.57 Å². The Kier molecular flexibility index (Phi) is 2.92. The van der Waals surface area contributed by atoms with E-state index in [1.165, 1.54) is 21.5 Å². The average Bonchev–Trinajstić information content (AvgIpc) is 2.66. The van der Waals surface area contributed by atoms with E-state index in [-0.39, 0.29) is 0 Å². The second-order valence-electron chi connectivity index (χ2n) is 6.11. The van der Waals surface area contributed by atoms with E-state index in [0.717, 1.165) is 21.4 Å². The summed E-state index contributed by atoms with van der Waals surface area (Å²) in [6.45, 7) is 0. The number of benzene rings is 5. The first-order chi connectivity index (χ1) is 11.8. The summed E-state index contributed by atoms with van der Waals surface area (Å²) in [7, 11) is -1.57. The highest BCUT2D eigenvalue weighted by atomic mass is 31.1. The lowest BCUT2D eigenvalue weighted by Crippen LogP contribution is -2.06. The van der Waals surface area contributed by atoms with E-state index in [1.54, 1.807) is 0 Å². The van der Waals surface area contributed by atoms with Crippen molar-refractivity contribution in [2.24, 2.45) is 0 Å². The molecule has 0 radical (unpaired) electrons. The largest absolute Gasteiger partial charge is 0.415 e. The number of hydrogen-bond acceptors (Lipinski definition) is 1. The van der Waals surface area contributed by atoms with Gasteiger partial charge in [0.25, 0.3) is 0 Å². The van der Waals surface area contributed by atoms with Crippen molar-refractivity contribution in [3.05, 3.63) is 84.9 Å². The Morgan fingerprint density at radius 3 is 1.67 bits per heavy atom. The van der Waals surface area contributed by atoms with Crippen molar-refractivity contribution in [2.45, 2.75) is 0 Å². The van der Waals surface area contributed by atoms with Crippen LogP contribution in [0.3, 0.4) is 0 Å². The van der Waals surface area contributed by atoms with Gasteiger partial charge in [-0.3, -0.25) is 0 Å². The molecule has 0 heterocycles. The third-order valence-electron chi connectivity index (χ3n) is 4.67. The second kappa shape index (κ2) is 5.12. The normalized spacial score (nSPS) is 12.2. The Morgan fingerprint density at radius 2 is 1.04 bits per heavy atom. The molecular weight excluding hydrogens is 311 g/mol. The Bertz CT molecular complexity index is 1140. The van der Waals surface area contributed by atoms with E-state index in [0.29, 0.717) is 0 Å². The highest BCUT2D eigenvalue weighted by Crippen LogP contribution is 2.35. The van der Waals surface area contributed by atoms with Crippen LogP contribution in [0.15, 0.2) is 84.9 Å². The lowest BCUT2D eigenvalue weighted by Gasteiger charge is -2.10. The third-order valence-corrected chi connectivity index (χ3v) is 6.17. The maximum absolute atomic E-state index is 13.0. The molecule has 0 aliphatic rings. The van der Waals surface area contributed by atoms with Crippen LogP contribution in [0.1, 0.15) is 0 Å². The zero-order chi connectivity index (χ0) is 16.1. The summed E-state index contributed by atoms with van der Waals surface area (Å²) in [5.41, 5.74) is 0. The minimum atomic E-state index is -1.57. The van der Waals surface area contributed by atoms with Crippen molar-refractivity contribution >= 4 is 50.7 Å². The highest BCUT2D eigenvalue weighted by molar-refractivity contribution is 7.61. The van der Waals surface area contributed by atoms with E-state index >= 15 is 0 Å². The molecule has 0 aliphatic heterocycles. The third kappa shape index (κ3) is 1.95. The van der Waals surface area contributed by atoms with Crippen molar-refractivity contribution in [3.8, 4) is 0 Å².